The molecular weight excluding hydrogens is 403 g/mol. The van der Waals surface area contributed by atoms with Crippen molar-refractivity contribution in [1.82, 2.24) is 9.88 Å². The maximum absolute atomic E-state index is 13.1. The molecule has 2 heterocycles. The first-order valence-electron chi connectivity index (χ1n) is 10.4. The van der Waals surface area contributed by atoms with Crippen molar-refractivity contribution in [2.24, 2.45) is 0 Å². The number of ether oxygens (including phenoxy) is 1. The Labute approximate surface area is 185 Å². The van der Waals surface area contributed by atoms with Crippen LogP contribution in [0.15, 0.2) is 85.2 Å². The number of aryl methyl sites for hydroxylation is 1. The number of nitrogens with zero attached hydrogens (tertiary/aromatic N) is 2. The number of halogens is 1. The number of hydrogen-bond donors (Lipinski definition) is 0. The molecule has 0 spiro atoms. The normalized spacial score (nSPS) is 12.7. The van der Waals surface area contributed by atoms with E-state index in [-0.39, 0.29) is 11.7 Å². The van der Waals surface area contributed by atoms with Crippen LogP contribution in [0.4, 0.5) is 4.39 Å². The van der Waals surface area contributed by atoms with Crippen LogP contribution in [-0.2, 0) is 13.1 Å². The number of fused-ring (bicyclic) bond motifs is 1. The van der Waals surface area contributed by atoms with Crippen molar-refractivity contribution in [3.63, 3.8) is 0 Å². The highest BCUT2D eigenvalue weighted by Gasteiger charge is 2.29. The fourth-order valence-corrected chi connectivity index (χ4v) is 4.08. The van der Waals surface area contributed by atoms with Crippen molar-refractivity contribution in [2.45, 2.75) is 20.0 Å². The lowest BCUT2D eigenvalue weighted by Crippen LogP contribution is -2.23. The van der Waals surface area contributed by atoms with Gasteiger partial charge in [-0.3, -0.25) is 9.78 Å². The van der Waals surface area contributed by atoms with Gasteiger partial charge in [0.05, 0.1) is 0 Å². The van der Waals surface area contributed by atoms with Crippen molar-refractivity contribution in [3.05, 3.63) is 113 Å². The van der Waals surface area contributed by atoms with Gasteiger partial charge in [0.2, 0.25) is 0 Å². The first kappa shape index (κ1) is 19.9. The van der Waals surface area contributed by atoms with Gasteiger partial charge in [0.15, 0.2) is 0 Å². The van der Waals surface area contributed by atoms with Crippen LogP contribution >= 0.6 is 0 Å². The molecule has 5 heteroatoms. The van der Waals surface area contributed by atoms with Gasteiger partial charge in [-0.25, -0.2) is 4.39 Å². The van der Waals surface area contributed by atoms with Crippen LogP contribution in [0, 0.1) is 12.7 Å². The number of carbonyl (C=O) groups excluding carboxylic acids is 1. The van der Waals surface area contributed by atoms with Crippen LogP contribution < -0.4 is 4.74 Å². The van der Waals surface area contributed by atoms with E-state index in [0.29, 0.717) is 24.6 Å². The molecule has 0 atom stereocenters. The average molecular weight is 424 g/mol. The number of hydrogen-bond acceptors (Lipinski definition) is 3. The van der Waals surface area contributed by atoms with Gasteiger partial charge in [-0.1, -0.05) is 24.3 Å². The average Bonchev–Trinajstić information content (AvgIpc) is 3.12. The van der Waals surface area contributed by atoms with Gasteiger partial charge in [0, 0.05) is 36.6 Å². The predicted octanol–water partition coefficient (Wildman–Crippen LogP) is 6.14. The predicted molar refractivity (Wildman–Crippen MR) is 121 cm³/mol. The Kier molecular flexibility index (Phi) is 5.15. The quantitative estimate of drug-likeness (QED) is 0.386. The number of rotatable bonds is 5. The number of carbonyl (C=O) groups is 1. The third-order valence-corrected chi connectivity index (χ3v) is 5.62. The molecule has 1 amide bonds. The number of pyridine rings is 1. The summed E-state index contributed by atoms with van der Waals surface area (Å²) in [4.78, 5) is 19.1. The maximum Gasteiger partial charge on any atom is 0.255 e. The topological polar surface area (TPSA) is 42.4 Å². The summed E-state index contributed by atoms with van der Waals surface area (Å²) in [5, 5.41) is 0. The minimum atomic E-state index is -0.299. The summed E-state index contributed by atoms with van der Waals surface area (Å²) < 4.78 is 18.8. The first-order valence-corrected chi connectivity index (χ1v) is 10.4. The molecule has 0 fully saturated rings. The molecule has 0 bridgehead atoms. The van der Waals surface area contributed by atoms with Crippen LogP contribution in [0.3, 0.4) is 0 Å². The Morgan fingerprint density at radius 2 is 1.69 bits per heavy atom. The van der Waals surface area contributed by atoms with Crippen molar-refractivity contribution in [2.75, 3.05) is 0 Å². The summed E-state index contributed by atoms with van der Waals surface area (Å²) in [5.74, 6) is 0.992. The summed E-state index contributed by atoms with van der Waals surface area (Å²) in [6.07, 6.45) is 3.59. The summed E-state index contributed by atoms with van der Waals surface area (Å²) in [6.45, 7) is 3.09. The maximum atomic E-state index is 13.1. The van der Waals surface area contributed by atoms with E-state index >= 15 is 0 Å². The molecule has 3 aromatic carbocycles. The van der Waals surface area contributed by atoms with Crippen LogP contribution in [0.5, 0.6) is 11.5 Å². The Balaban J connectivity index is 1.31. The highest BCUT2D eigenvalue weighted by molar-refractivity contribution is 6.00. The molecule has 158 valence electrons. The third kappa shape index (κ3) is 3.97. The van der Waals surface area contributed by atoms with E-state index in [2.05, 4.69) is 17.1 Å². The molecule has 0 aliphatic carbocycles. The summed E-state index contributed by atoms with van der Waals surface area (Å²) in [5.41, 5.74) is 5.96. The number of aromatic nitrogens is 1. The van der Waals surface area contributed by atoms with Crippen LogP contribution in [-0.4, -0.2) is 15.8 Å². The molecule has 4 nitrogen and oxygen atoms in total. The lowest BCUT2D eigenvalue weighted by Gasteiger charge is -2.16. The fraction of sp³-hybridized carbons (Fsp3) is 0.111. The van der Waals surface area contributed by atoms with E-state index in [0.717, 1.165) is 33.4 Å². The van der Waals surface area contributed by atoms with E-state index in [1.807, 2.05) is 54.4 Å². The lowest BCUT2D eigenvalue weighted by molar-refractivity contribution is 0.0766. The van der Waals surface area contributed by atoms with Crippen LogP contribution in [0.25, 0.3) is 11.1 Å². The molecule has 0 radical (unpaired) electrons. The van der Waals surface area contributed by atoms with Crippen molar-refractivity contribution in [1.29, 1.82) is 0 Å². The Morgan fingerprint density at radius 1 is 0.969 bits per heavy atom. The van der Waals surface area contributed by atoms with E-state index in [1.165, 1.54) is 12.1 Å². The van der Waals surface area contributed by atoms with Crippen LogP contribution in [0.1, 0.15) is 27.0 Å². The summed E-state index contributed by atoms with van der Waals surface area (Å²) in [6, 6.07) is 21.6. The van der Waals surface area contributed by atoms with Gasteiger partial charge in [0.1, 0.15) is 17.3 Å². The molecule has 0 N–H and O–H groups in total. The van der Waals surface area contributed by atoms with E-state index in [9.17, 15) is 9.18 Å². The molecule has 1 aliphatic heterocycles. The van der Waals surface area contributed by atoms with Gasteiger partial charge in [-0.05, 0) is 77.7 Å². The highest BCUT2D eigenvalue weighted by Crippen LogP contribution is 2.32. The number of amides is 1. The molecule has 5 rings (SSSR count). The monoisotopic (exact) mass is 424 g/mol. The second kappa shape index (κ2) is 8.27. The lowest BCUT2D eigenvalue weighted by atomic mass is 9.97. The first-order chi connectivity index (χ1) is 15.6. The van der Waals surface area contributed by atoms with Crippen LogP contribution in [0.2, 0.25) is 0 Å². The minimum absolute atomic E-state index is 0.0573. The van der Waals surface area contributed by atoms with Gasteiger partial charge in [-0.2, -0.15) is 0 Å². The smallest absolute Gasteiger partial charge is 0.255 e. The standard InChI is InChI=1S/C27H21FN2O2/c1-18-13-21(20-3-2-12-29-15-20)14-22-17-30(27(31)26(18)22)16-19-4-8-24(9-5-19)32-25-10-6-23(28)7-11-25/h2-15H,16-17H2,1H3. The SMILES string of the molecule is Cc1cc(-c2cccnc2)cc2c1C(=O)N(Cc1ccc(Oc3ccc(F)cc3)cc1)C2. The molecule has 0 saturated heterocycles. The second-order valence-electron chi connectivity index (χ2n) is 7.93. The fourth-order valence-electron chi connectivity index (χ4n) is 4.08. The van der Waals surface area contributed by atoms with Gasteiger partial charge >= 0.3 is 0 Å². The zero-order chi connectivity index (χ0) is 22.1. The van der Waals surface area contributed by atoms with E-state index < -0.39 is 0 Å². The summed E-state index contributed by atoms with van der Waals surface area (Å²) >= 11 is 0. The second-order valence-corrected chi connectivity index (χ2v) is 7.93. The molecular formula is C27H21FN2O2. The van der Waals surface area contributed by atoms with E-state index in [1.54, 1.807) is 18.3 Å². The van der Waals surface area contributed by atoms with Crippen molar-refractivity contribution >= 4 is 5.91 Å². The van der Waals surface area contributed by atoms with Crippen molar-refractivity contribution < 1.29 is 13.9 Å². The van der Waals surface area contributed by atoms with Gasteiger partial charge < -0.3 is 9.64 Å². The summed E-state index contributed by atoms with van der Waals surface area (Å²) in [7, 11) is 0. The van der Waals surface area contributed by atoms with Gasteiger partial charge in [-0.15, -0.1) is 0 Å². The molecule has 4 aromatic rings. The Morgan fingerprint density at radius 3 is 2.38 bits per heavy atom. The molecule has 1 aromatic heterocycles. The highest BCUT2D eigenvalue weighted by atomic mass is 19.1. The Hall–Kier alpha value is -3.99. The minimum Gasteiger partial charge on any atom is -0.457 e. The molecule has 0 saturated carbocycles. The zero-order valence-electron chi connectivity index (χ0n) is 17.6. The molecule has 0 unspecified atom stereocenters. The molecule has 32 heavy (non-hydrogen) atoms. The number of benzene rings is 3. The largest absolute Gasteiger partial charge is 0.457 e. The zero-order valence-corrected chi connectivity index (χ0v) is 17.6. The van der Waals surface area contributed by atoms with Crippen molar-refractivity contribution in [3.8, 4) is 22.6 Å². The Bertz CT molecular complexity index is 1270. The third-order valence-electron chi connectivity index (χ3n) is 5.62. The van der Waals surface area contributed by atoms with Gasteiger partial charge in [0.25, 0.3) is 5.91 Å². The van der Waals surface area contributed by atoms with E-state index in [4.69, 9.17) is 4.74 Å². The molecule has 1 aliphatic rings.